The Kier molecular flexibility index (Phi) is 3.17. The first-order chi connectivity index (χ1) is 8.03. The first-order valence-electron chi connectivity index (χ1n) is 5.34. The number of nitrogens with zero attached hydrogens (tertiary/aromatic N) is 2. The second-order valence-corrected chi connectivity index (χ2v) is 6.15. The Morgan fingerprint density at radius 1 is 1.35 bits per heavy atom. The van der Waals surface area contributed by atoms with Gasteiger partial charge in [-0.1, -0.05) is 18.2 Å². The van der Waals surface area contributed by atoms with Crippen molar-refractivity contribution in [3.05, 3.63) is 30.0 Å². The Morgan fingerprint density at radius 2 is 2.06 bits per heavy atom. The Hall–Kier alpha value is -1.40. The molecule has 17 heavy (non-hydrogen) atoms. The SMILES string of the molecule is Cn1nc(CS(=O)(=O)CCN)c2ccccc21. The van der Waals surface area contributed by atoms with Gasteiger partial charge < -0.3 is 5.73 Å². The van der Waals surface area contributed by atoms with E-state index < -0.39 is 9.84 Å². The quantitative estimate of drug-likeness (QED) is 0.858. The van der Waals surface area contributed by atoms with Gasteiger partial charge in [-0.05, 0) is 6.07 Å². The summed E-state index contributed by atoms with van der Waals surface area (Å²) in [7, 11) is -1.36. The first kappa shape index (κ1) is 12.1. The van der Waals surface area contributed by atoms with Gasteiger partial charge >= 0.3 is 0 Å². The van der Waals surface area contributed by atoms with E-state index in [9.17, 15) is 8.42 Å². The smallest absolute Gasteiger partial charge is 0.157 e. The van der Waals surface area contributed by atoms with Crippen LogP contribution >= 0.6 is 0 Å². The van der Waals surface area contributed by atoms with Gasteiger partial charge in [0.05, 0.1) is 22.7 Å². The van der Waals surface area contributed by atoms with Crippen LogP contribution in [0.5, 0.6) is 0 Å². The van der Waals surface area contributed by atoms with Crippen molar-refractivity contribution < 1.29 is 8.42 Å². The van der Waals surface area contributed by atoms with Crippen molar-refractivity contribution in [1.29, 1.82) is 0 Å². The number of nitrogens with two attached hydrogens (primary N) is 1. The summed E-state index contributed by atoms with van der Waals surface area (Å²) in [6, 6.07) is 7.59. The lowest BCUT2D eigenvalue weighted by molar-refractivity contribution is 0.594. The summed E-state index contributed by atoms with van der Waals surface area (Å²) >= 11 is 0. The molecule has 0 spiro atoms. The molecule has 0 saturated heterocycles. The van der Waals surface area contributed by atoms with Crippen molar-refractivity contribution in [3.63, 3.8) is 0 Å². The van der Waals surface area contributed by atoms with Crippen LogP contribution in [0.1, 0.15) is 5.69 Å². The normalized spacial score (nSPS) is 12.1. The molecule has 2 aromatic rings. The number of hydrogen-bond acceptors (Lipinski definition) is 4. The van der Waals surface area contributed by atoms with Crippen molar-refractivity contribution in [2.24, 2.45) is 12.8 Å². The maximum absolute atomic E-state index is 11.7. The average Bonchev–Trinajstić information content (AvgIpc) is 2.56. The fraction of sp³-hybridized carbons (Fsp3) is 0.364. The van der Waals surface area contributed by atoms with E-state index in [1.54, 1.807) is 11.7 Å². The van der Waals surface area contributed by atoms with Crippen molar-refractivity contribution in [3.8, 4) is 0 Å². The molecule has 1 aromatic heterocycles. The summed E-state index contributed by atoms with van der Waals surface area (Å²) in [5, 5.41) is 5.14. The minimum Gasteiger partial charge on any atom is -0.329 e. The van der Waals surface area contributed by atoms with Crippen LogP contribution < -0.4 is 5.73 Å². The van der Waals surface area contributed by atoms with Gasteiger partial charge in [-0.25, -0.2) is 8.42 Å². The molecule has 92 valence electrons. The van der Waals surface area contributed by atoms with E-state index in [4.69, 9.17) is 5.73 Å². The van der Waals surface area contributed by atoms with E-state index in [0.717, 1.165) is 10.9 Å². The van der Waals surface area contributed by atoms with E-state index in [0.29, 0.717) is 5.69 Å². The lowest BCUT2D eigenvalue weighted by atomic mass is 10.2. The van der Waals surface area contributed by atoms with Crippen LogP contribution in [0, 0.1) is 0 Å². The Labute approximate surface area is 100 Å². The lowest BCUT2D eigenvalue weighted by Gasteiger charge is -1.99. The zero-order valence-electron chi connectivity index (χ0n) is 9.63. The molecule has 0 amide bonds. The number of rotatable bonds is 4. The highest BCUT2D eigenvalue weighted by atomic mass is 32.2. The molecule has 1 heterocycles. The molecule has 0 bridgehead atoms. The topological polar surface area (TPSA) is 78.0 Å². The highest BCUT2D eigenvalue weighted by molar-refractivity contribution is 7.90. The standard InChI is InChI=1S/C11H15N3O2S/c1-14-11-5-3-2-4-9(11)10(13-14)8-17(15,16)7-6-12/h2-5H,6-8,12H2,1H3. The maximum atomic E-state index is 11.7. The van der Waals surface area contributed by atoms with Crippen LogP contribution in [-0.4, -0.2) is 30.5 Å². The molecule has 2 N–H and O–H groups in total. The number of benzene rings is 1. The van der Waals surface area contributed by atoms with Gasteiger partial charge in [-0.15, -0.1) is 0 Å². The summed E-state index contributed by atoms with van der Waals surface area (Å²) in [6.45, 7) is 0.146. The molecule has 0 unspecified atom stereocenters. The zero-order valence-corrected chi connectivity index (χ0v) is 10.4. The first-order valence-corrected chi connectivity index (χ1v) is 7.17. The van der Waals surface area contributed by atoms with E-state index in [1.165, 1.54) is 0 Å². The number of aryl methyl sites for hydroxylation is 1. The van der Waals surface area contributed by atoms with Crippen molar-refractivity contribution in [1.82, 2.24) is 9.78 Å². The van der Waals surface area contributed by atoms with Crippen LogP contribution in [-0.2, 0) is 22.6 Å². The molecule has 1 aromatic carbocycles. The molecule has 0 aliphatic carbocycles. The van der Waals surface area contributed by atoms with Gasteiger partial charge in [0, 0.05) is 19.0 Å². The van der Waals surface area contributed by atoms with Gasteiger partial charge in [-0.2, -0.15) is 5.10 Å². The number of sulfone groups is 1. The van der Waals surface area contributed by atoms with E-state index in [1.807, 2.05) is 24.3 Å². The minimum absolute atomic E-state index is 0.00208. The summed E-state index contributed by atoms with van der Waals surface area (Å²) in [5.74, 6) is -0.0521. The van der Waals surface area contributed by atoms with E-state index >= 15 is 0 Å². The highest BCUT2D eigenvalue weighted by Gasteiger charge is 2.16. The predicted molar refractivity (Wildman–Crippen MR) is 67.3 cm³/mol. The highest BCUT2D eigenvalue weighted by Crippen LogP contribution is 2.19. The third-order valence-corrected chi connectivity index (χ3v) is 4.19. The third kappa shape index (κ3) is 2.48. The molecule has 0 saturated carbocycles. The second-order valence-electron chi connectivity index (χ2n) is 3.97. The molecule has 5 nitrogen and oxygen atoms in total. The van der Waals surface area contributed by atoms with Crippen LogP contribution in [0.3, 0.4) is 0 Å². The molecule has 6 heteroatoms. The minimum atomic E-state index is -3.16. The molecule has 0 atom stereocenters. The number of para-hydroxylation sites is 1. The molecular weight excluding hydrogens is 238 g/mol. The van der Waals surface area contributed by atoms with E-state index in [-0.39, 0.29) is 18.1 Å². The van der Waals surface area contributed by atoms with Crippen LogP contribution in [0.25, 0.3) is 10.9 Å². The Morgan fingerprint density at radius 3 is 2.76 bits per heavy atom. The summed E-state index contributed by atoms with van der Waals surface area (Å²) < 4.78 is 25.1. The number of fused-ring (bicyclic) bond motifs is 1. The van der Waals surface area contributed by atoms with Crippen LogP contribution in [0.4, 0.5) is 0 Å². The third-order valence-electron chi connectivity index (χ3n) is 2.62. The van der Waals surface area contributed by atoms with Crippen LogP contribution in [0.2, 0.25) is 0 Å². The lowest BCUT2D eigenvalue weighted by Crippen LogP contribution is -2.17. The van der Waals surface area contributed by atoms with Gasteiger partial charge in [0.1, 0.15) is 0 Å². The number of hydrogen-bond donors (Lipinski definition) is 1. The van der Waals surface area contributed by atoms with E-state index in [2.05, 4.69) is 5.10 Å². The summed E-state index contributed by atoms with van der Waals surface area (Å²) in [5.41, 5.74) is 6.81. The van der Waals surface area contributed by atoms with Gasteiger partial charge in [0.25, 0.3) is 0 Å². The summed E-state index contributed by atoms with van der Waals surface area (Å²) in [6.07, 6.45) is 0. The second kappa shape index (κ2) is 4.46. The molecule has 0 aliphatic rings. The predicted octanol–water partition coefficient (Wildman–Crippen LogP) is 0.447. The zero-order chi connectivity index (χ0) is 12.5. The van der Waals surface area contributed by atoms with Crippen molar-refractivity contribution in [2.75, 3.05) is 12.3 Å². The molecule has 0 fully saturated rings. The molecule has 0 radical (unpaired) electrons. The van der Waals surface area contributed by atoms with Gasteiger partial charge in [0.15, 0.2) is 9.84 Å². The fourth-order valence-corrected chi connectivity index (χ4v) is 2.99. The maximum Gasteiger partial charge on any atom is 0.157 e. The Balaban J connectivity index is 2.44. The van der Waals surface area contributed by atoms with Crippen LogP contribution in [0.15, 0.2) is 24.3 Å². The number of aromatic nitrogens is 2. The monoisotopic (exact) mass is 253 g/mol. The van der Waals surface area contributed by atoms with Crippen molar-refractivity contribution in [2.45, 2.75) is 5.75 Å². The van der Waals surface area contributed by atoms with Crippen molar-refractivity contribution >= 4 is 20.7 Å². The van der Waals surface area contributed by atoms with Gasteiger partial charge in [-0.3, -0.25) is 4.68 Å². The average molecular weight is 253 g/mol. The molecule has 2 rings (SSSR count). The van der Waals surface area contributed by atoms with Gasteiger partial charge in [0.2, 0.25) is 0 Å². The molecular formula is C11H15N3O2S. The largest absolute Gasteiger partial charge is 0.329 e. The Bertz CT molecular complexity index is 631. The fourth-order valence-electron chi connectivity index (χ4n) is 1.86. The molecule has 0 aliphatic heterocycles. The summed E-state index contributed by atoms with van der Waals surface area (Å²) in [4.78, 5) is 0.